The second-order valence-corrected chi connectivity index (χ2v) is 7.68. The monoisotopic (exact) mass is 395 g/mol. The van der Waals surface area contributed by atoms with Crippen LogP contribution in [0.5, 0.6) is 0 Å². The predicted molar refractivity (Wildman–Crippen MR) is 120 cm³/mol. The van der Waals surface area contributed by atoms with E-state index in [4.69, 9.17) is 23.8 Å². The summed E-state index contributed by atoms with van der Waals surface area (Å²) in [6, 6.07) is 20.7. The van der Waals surface area contributed by atoms with Crippen molar-refractivity contribution in [3.63, 3.8) is 0 Å². The molecule has 3 aromatic carbocycles. The summed E-state index contributed by atoms with van der Waals surface area (Å²) in [6.07, 6.45) is 0. The summed E-state index contributed by atoms with van der Waals surface area (Å²) >= 11 is 11.9. The van der Waals surface area contributed by atoms with Gasteiger partial charge in [-0.2, -0.15) is 0 Å². The Kier molecular flexibility index (Phi) is 5.19. The third-order valence-electron chi connectivity index (χ3n) is 5.11. The second kappa shape index (κ2) is 7.75. The van der Waals surface area contributed by atoms with Gasteiger partial charge < -0.3 is 15.1 Å². The first kappa shape index (κ1) is 18.1. The van der Waals surface area contributed by atoms with E-state index < -0.39 is 0 Å². The molecule has 0 spiro atoms. The number of nitrogens with one attached hydrogen (secondary N) is 1. The molecule has 1 N–H and O–H groups in total. The van der Waals surface area contributed by atoms with Gasteiger partial charge in [-0.3, -0.25) is 0 Å². The van der Waals surface area contributed by atoms with Gasteiger partial charge in [0.1, 0.15) is 0 Å². The summed E-state index contributed by atoms with van der Waals surface area (Å²) in [5.41, 5.74) is 3.53. The molecule has 138 valence electrons. The Bertz CT molecular complexity index is 975. The third kappa shape index (κ3) is 3.87. The third-order valence-corrected chi connectivity index (χ3v) is 5.71. The summed E-state index contributed by atoms with van der Waals surface area (Å²) in [6.45, 7) is 5.77. The summed E-state index contributed by atoms with van der Waals surface area (Å²) in [5, 5.41) is 7.42. The fourth-order valence-electron chi connectivity index (χ4n) is 3.60. The van der Waals surface area contributed by atoms with Gasteiger partial charge in [-0.25, -0.2) is 0 Å². The molecule has 0 aromatic heterocycles. The van der Waals surface area contributed by atoms with Gasteiger partial charge in [-0.1, -0.05) is 54.1 Å². The SMILES string of the molecule is Cc1ccc(Cl)cc1N1CCN(C(=S)Nc2cccc3ccccc23)CC1. The van der Waals surface area contributed by atoms with E-state index >= 15 is 0 Å². The number of fused-ring (bicyclic) bond motifs is 1. The van der Waals surface area contributed by atoms with Crippen LogP contribution in [0.4, 0.5) is 11.4 Å². The van der Waals surface area contributed by atoms with Gasteiger partial charge in [0.25, 0.3) is 0 Å². The summed E-state index contributed by atoms with van der Waals surface area (Å²) in [5.74, 6) is 0. The Balaban J connectivity index is 1.43. The maximum Gasteiger partial charge on any atom is 0.173 e. The molecule has 0 saturated carbocycles. The number of nitrogens with zero attached hydrogens (tertiary/aromatic N) is 2. The fourth-order valence-corrected chi connectivity index (χ4v) is 4.06. The minimum absolute atomic E-state index is 0.783. The minimum atomic E-state index is 0.783. The number of anilines is 2. The Morgan fingerprint density at radius 3 is 2.52 bits per heavy atom. The second-order valence-electron chi connectivity index (χ2n) is 6.86. The highest BCUT2D eigenvalue weighted by Gasteiger charge is 2.20. The van der Waals surface area contributed by atoms with Crippen LogP contribution in [-0.2, 0) is 0 Å². The van der Waals surface area contributed by atoms with Crippen LogP contribution in [-0.4, -0.2) is 36.2 Å². The molecule has 0 radical (unpaired) electrons. The largest absolute Gasteiger partial charge is 0.368 e. The van der Waals surface area contributed by atoms with Crippen molar-refractivity contribution in [3.05, 3.63) is 71.2 Å². The van der Waals surface area contributed by atoms with Crippen LogP contribution in [0.3, 0.4) is 0 Å². The van der Waals surface area contributed by atoms with Gasteiger partial charge in [0, 0.05) is 48.0 Å². The highest BCUT2D eigenvalue weighted by molar-refractivity contribution is 7.80. The maximum atomic E-state index is 6.19. The number of thiocarbonyl (C=S) groups is 1. The van der Waals surface area contributed by atoms with Crippen molar-refractivity contribution in [2.45, 2.75) is 6.92 Å². The molecule has 0 atom stereocenters. The molecule has 1 heterocycles. The number of hydrogen-bond acceptors (Lipinski definition) is 2. The van der Waals surface area contributed by atoms with E-state index in [1.54, 1.807) is 0 Å². The van der Waals surface area contributed by atoms with Crippen LogP contribution in [0.15, 0.2) is 60.7 Å². The molecule has 1 aliphatic heterocycles. The van der Waals surface area contributed by atoms with Crippen LogP contribution < -0.4 is 10.2 Å². The van der Waals surface area contributed by atoms with Crippen molar-refractivity contribution >= 4 is 51.1 Å². The van der Waals surface area contributed by atoms with Crippen molar-refractivity contribution in [3.8, 4) is 0 Å². The topological polar surface area (TPSA) is 18.5 Å². The lowest BCUT2D eigenvalue weighted by Gasteiger charge is -2.38. The zero-order valence-corrected chi connectivity index (χ0v) is 16.9. The van der Waals surface area contributed by atoms with E-state index in [0.717, 1.165) is 42.0 Å². The van der Waals surface area contributed by atoms with Crippen molar-refractivity contribution in [1.29, 1.82) is 0 Å². The highest BCUT2D eigenvalue weighted by atomic mass is 35.5. The normalized spacial score (nSPS) is 14.4. The van der Waals surface area contributed by atoms with E-state index in [-0.39, 0.29) is 0 Å². The Morgan fingerprint density at radius 2 is 1.70 bits per heavy atom. The molecule has 0 aliphatic carbocycles. The number of halogens is 1. The molecular formula is C22H22ClN3S. The zero-order valence-electron chi connectivity index (χ0n) is 15.3. The van der Waals surface area contributed by atoms with Gasteiger partial charge >= 0.3 is 0 Å². The Labute approximate surface area is 170 Å². The molecule has 1 aliphatic rings. The van der Waals surface area contributed by atoms with Crippen LogP contribution >= 0.6 is 23.8 Å². The molecule has 5 heteroatoms. The van der Waals surface area contributed by atoms with Gasteiger partial charge in [-0.05, 0) is 48.3 Å². The molecule has 0 bridgehead atoms. The van der Waals surface area contributed by atoms with Crippen molar-refractivity contribution in [2.24, 2.45) is 0 Å². The van der Waals surface area contributed by atoms with E-state index in [1.165, 1.54) is 22.0 Å². The van der Waals surface area contributed by atoms with E-state index in [9.17, 15) is 0 Å². The first-order valence-electron chi connectivity index (χ1n) is 9.16. The van der Waals surface area contributed by atoms with Gasteiger partial charge in [-0.15, -0.1) is 0 Å². The summed E-state index contributed by atoms with van der Waals surface area (Å²) in [4.78, 5) is 4.63. The number of piperazine rings is 1. The lowest BCUT2D eigenvalue weighted by atomic mass is 10.1. The number of aryl methyl sites for hydroxylation is 1. The molecule has 1 fully saturated rings. The first-order valence-corrected chi connectivity index (χ1v) is 9.95. The molecule has 3 aromatic rings. The van der Waals surface area contributed by atoms with E-state index in [1.807, 2.05) is 6.07 Å². The van der Waals surface area contributed by atoms with Crippen LogP contribution in [0, 0.1) is 6.92 Å². The van der Waals surface area contributed by atoms with Gasteiger partial charge in [0.2, 0.25) is 0 Å². The Morgan fingerprint density at radius 1 is 0.963 bits per heavy atom. The van der Waals surface area contributed by atoms with Crippen molar-refractivity contribution in [1.82, 2.24) is 4.90 Å². The van der Waals surface area contributed by atoms with E-state index in [0.29, 0.717) is 0 Å². The predicted octanol–water partition coefficient (Wildman–Crippen LogP) is 5.32. The number of hydrogen-bond donors (Lipinski definition) is 1. The van der Waals surface area contributed by atoms with Crippen LogP contribution in [0.1, 0.15) is 5.56 Å². The molecule has 0 unspecified atom stereocenters. The first-order chi connectivity index (χ1) is 13.1. The van der Waals surface area contributed by atoms with Gasteiger partial charge in [0.15, 0.2) is 5.11 Å². The lowest BCUT2D eigenvalue weighted by molar-refractivity contribution is 0.390. The van der Waals surface area contributed by atoms with Gasteiger partial charge in [0.05, 0.1) is 0 Å². The lowest BCUT2D eigenvalue weighted by Crippen LogP contribution is -2.50. The number of benzene rings is 3. The molecule has 27 heavy (non-hydrogen) atoms. The average molecular weight is 396 g/mol. The standard InChI is InChI=1S/C22H22ClN3S/c1-16-9-10-18(23)15-21(16)25-11-13-26(14-12-25)22(27)24-20-8-4-6-17-5-2-3-7-19(17)20/h2-10,15H,11-14H2,1H3,(H,24,27). The Hall–Kier alpha value is -2.30. The van der Waals surface area contributed by atoms with Crippen LogP contribution in [0.25, 0.3) is 10.8 Å². The van der Waals surface area contributed by atoms with Crippen molar-refractivity contribution < 1.29 is 0 Å². The summed E-state index contributed by atoms with van der Waals surface area (Å²) < 4.78 is 0. The van der Waals surface area contributed by atoms with Crippen LogP contribution in [0.2, 0.25) is 5.02 Å². The smallest absolute Gasteiger partial charge is 0.173 e. The average Bonchev–Trinajstić information content (AvgIpc) is 2.70. The molecule has 4 rings (SSSR count). The van der Waals surface area contributed by atoms with Crippen molar-refractivity contribution in [2.75, 3.05) is 36.4 Å². The fraction of sp³-hybridized carbons (Fsp3) is 0.227. The molecule has 0 amide bonds. The maximum absolute atomic E-state index is 6.19. The zero-order chi connectivity index (χ0) is 18.8. The quantitative estimate of drug-likeness (QED) is 0.591. The highest BCUT2D eigenvalue weighted by Crippen LogP contribution is 2.26. The van der Waals surface area contributed by atoms with E-state index in [2.05, 4.69) is 76.6 Å². The summed E-state index contributed by atoms with van der Waals surface area (Å²) in [7, 11) is 0. The molecular weight excluding hydrogens is 374 g/mol. The number of rotatable bonds is 2. The molecule has 3 nitrogen and oxygen atoms in total. The molecule has 1 saturated heterocycles. The minimum Gasteiger partial charge on any atom is -0.368 e.